The van der Waals surface area contributed by atoms with Crippen molar-refractivity contribution in [2.75, 3.05) is 13.2 Å². The highest BCUT2D eigenvalue weighted by Crippen LogP contribution is 2.19. The van der Waals surface area contributed by atoms with Gasteiger partial charge >= 0.3 is 17.9 Å². The van der Waals surface area contributed by atoms with Crippen molar-refractivity contribution in [1.29, 1.82) is 0 Å². The van der Waals surface area contributed by atoms with Crippen LogP contribution in [0, 0.1) is 0 Å². The molecule has 0 aromatic carbocycles. The number of esters is 3. The van der Waals surface area contributed by atoms with Gasteiger partial charge in [-0.2, -0.15) is 0 Å². The van der Waals surface area contributed by atoms with Crippen molar-refractivity contribution in [2.24, 2.45) is 0 Å². The minimum Gasteiger partial charge on any atom is -0.462 e. The van der Waals surface area contributed by atoms with Crippen molar-refractivity contribution < 1.29 is 28.6 Å². The minimum absolute atomic E-state index is 0.0604. The van der Waals surface area contributed by atoms with Crippen molar-refractivity contribution in [3.63, 3.8) is 0 Å². The van der Waals surface area contributed by atoms with Crippen LogP contribution in [0.2, 0.25) is 0 Å². The molecule has 0 fully saturated rings. The standard InChI is InChI=1S/C65H126O6/c1-4-7-10-13-16-19-22-25-28-31-33-35-38-40-43-46-49-52-55-58-64(67)70-61-62(71-65(68)59-56-53-50-47-44-41-36-30-27-24-21-18-15-12-9-6-3)60-69-63(66)57-54-51-48-45-42-39-37-34-32-29-26-23-20-17-14-11-8-5-2/h62H,4-61H2,1-3H3/t62-/m1/s1. The number of carbonyl (C=O) groups excluding carboxylic acids is 3. The Morgan fingerprint density at radius 3 is 0.563 bits per heavy atom. The molecule has 0 unspecified atom stereocenters. The zero-order valence-corrected chi connectivity index (χ0v) is 48.5. The average Bonchev–Trinajstić information content (AvgIpc) is 3.37. The highest BCUT2D eigenvalue weighted by atomic mass is 16.6. The van der Waals surface area contributed by atoms with Gasteiger partial charge in [0.15, 0.2) is 6.10 Å². The molecule has 0 aromatic rings. The zero-order chi connectivity index (χ0) is 51.4. The maximum atomic E-state index is 12.9. The van der Waals surface area contributed by atoms with E-state index in [0.717, 1.165) is 57.8 Å². The molecule has 0 saturated heterocycles. The molecule has 71 heavy (non-hydrogen) atoms. The predicted octanol–water partition coefficient (Wildman–Crippen LogP) is 21.9. The Bertz CT molecular complexity index is 1060. The monoisotopic (exact) mass is 1000 g/mol. The number of hydrogen-bond acceptors (Lipinski definition) is 6. The summed E-state index contributed by atoms with van der Waals surface area (Å²) >= 11 is 0. The van der Waals surface area contributed by atoms with Crippen molar-refractivity contribution in [1.82, 2.24) is 0 Å². The maximum absolute atomic E-state index is 12.9. The van der Waals surface area contributed by atoms with Gasteiger partial charge in [-0.15, -0.1) is 0 Å². The first-order valence-corrected chi connectivity index (χ1v) is 32.5. The van der Waals surface area contributed by atoms with Crippen LogP contribution < -0.4 is 0 Å². The van der Waals surface area contributed by atoms with Crippen molar-refractivity contribution in [3.8, 4) is 0 Å². The van der Waals surface area contributed by atoms with Gasteiger partial charge in [-0.3, -0.25) is 14.4 Å². The van der Waals surface area contributed by atoms with Crippen LogP contribution in [0.25, 0.3) is 0 Å². The molecule has 1 atom stereocenters. The quantitative estimate of drug-likeness (QED) is 0.0343. The zero-order valence-electron chi connectivity index (χ0n) is 48.5. The first-order chi connectivity index (χ1) is 35.0. The molecule has 0 heterocycles. The molecule has 6 heteroatoms. The fourth-order valence-electron chi connectivity index (χ4n) is 10.2. The van der Waals surface area contributed by atoms with Crippen LogP contribution in [0.15, 0.2) is 0 Å². The summed E-state index contributed by atoms with van der Waals surface area (Å²) in [5.41, 5.74) is 0. The second-order valence-corrected chi connectivity index (χ2v) is 22.4. The third-order valence-electron chi connectivity index (χ3n) is 15.1. The lowest BCUT2D eigenvalue weighted by molar-refractivity contribution is -0.167. The Morgan fingerprint density at radius 2 is 0.380 bits per heavy atom. The fourth-order valence-corrected chi connectivity index (χ4v) is 10.2. The number of carbonyl (C=O) groups is 3. The lowest BCUT2D eigenvalue weighted by atomic mass is 10.0. The van der Waals surface area contributed by atoms with Gasteiger partial charge in [0.05, 0.1) is 0 Å². The van der Waals surface area contributed by atoms with E-state index in [1.165, 1.54) is 283 Å². The summed E-state index contributed by atoms with van der Waals surface area (Å²) < 4.78 is 17.0. The number of hydrogen-bond donors (Lipinski definition) is 0. The fraction of sp³-hybridized carbons (Fsp3) is 0.954. The maximum Gasteiger partial charge on any atom is 0.306 e. The van der Waals surface area contributed by atoms with E-state index in [1.54, 1.807) is 0 Å². The van der Waals surface area contributed by atoms with Crippen LogP contribution in [0.5, 0.6) is 0 Å². The predicted molar refractivity (Wildman–Crippen MR) is 307 cm³/mol. The van der Waals surface area contributed by atoms with Gasteiger partial charge in [0.2, 0.25) is 0 Å². The average molecular weight is 1000 g/mol. The number of rotatable bonds is 61. The van der Waals surface area contributed by atoms with Gasteiger partial charge in [-0.25, -0.2) is 0 Å². The molecule has 0 aliphatic heterocycles. The number of unbranched alkanes of at least 4 members (excludes halogenated alkanes) is 50. The molecule has 0 aliphatic carbocycles. The third kappa shape index (κ3) is 59.2. The molecule has 0 N–H and O–H groups in total. The van der Waals surface area contributed by atoms with Crippen molar-refractivity contribution in [2.45, 2.75) is 386 Å². The molecular weight excluding hydrogens is 877 g/mol. The van der Waals surface area contributed by atoms with Crippen LogP contribution in [0.3, 0.4) is 0 Å². The molecule has 0 bridgehead atoms. The SMILES string of the molecule is CCCCCCCCCCCCCCCCCCCCCC(=O)OC[C@@H](COC(=O)CCCCCCCCCCCCCCCCCCCC)OC(=O)CCCCCCCCCCCCCCCCCC. The topological polar surface area (TPSA) is 78.9 Å². The second-order valence-electron chi connectivity index (χ2n) is 22.4. The Hall–Kier alpha value is -1.59. The molecular formula is C65H126O6. The van der Waals surface area contributed by atoms with E-state index in [2.05, 4.69) is 20.8 Å². The molecule has 0 amide bonds. The lowest BCUT2D eigenvalue weighted by Crippen LogP contribution is -2.30. The normalized spacial score (nSPS) is 11.9. The summed E-state index contributed by atoms with van der Waals surface area (Å²) in [5.74, 6) is -0.823. The first-order valence-electron chi connectivity index (χ1n) is 32.5. The first kappa shape index (κ1) is 69.4. The van der Waals surface area contributed by atoms with Gasteiger partial charge in [0, 0.05) is 19.3 Å². The Labute approximate surface area is 444 Å². The Morgan fingerprint density at radius 1 is 0.225 bits per heavy atom. The van der Waals surface area contributed by atoms with Crippen molar-refractivity contribution in [3.05, 3.63) is 0 Å². The van der Waals surface area contributed by atoms with E-state index in [4.69, 9.17) is 14.2 Å². The van der Waals surface area contributed by atoms with E-state index in [0.29, 0.717) is 19.3 Å². The van der Waals surface area contributed by atoms with Crippen LogP contribution in [-0.4, -0.2) is 37.2 Å². The van der Waals surface area contributed by atoms with Gasteiger partial charge < -0.3 is 14.2 Å². The van der Waals surface area contributed by atoms with E-state index in [1.807, 2.05) is 0 Å². The Balaban J connectivity index is 4.27. The highest BCUT2D eigenvalue weighted by Gasteiger charge is 2.19. The van der Waals surface area contributed by atoms with Gasteiger partial charge in [-0.05, 0) is 19.3 Å². The summed E-state index contributed by atoms with van der Waals surface area (Å²) in [4.78, 5) is 38.3. The Kier molecular flexibility index (Phi) is 59.6. The smallest absolute Gasteiger partial charge is 0.306 e. The molecule has 0 aromatic heterocycles. The molecule has 0 spiro atoms. The summed E-state index contributed by atoms with van der Waals surface area (Å²) in [6, 6.07) is 0. The van der Waals surface area contributed by atoms with E-state index >= 15 is 0 Å². The second kappa shape index (κ2) is 61.0. The van der Waals surface area contributed by atoms with Gasteiger partial charge in [0.1, 0.15) is 13.2 Å². The summed E-state index contributed by atoms with van der Waals surface area (Å²) in [6.45, 7) is 6.74. The third-order valence-corrected chi connectivity index (χ3v) is 15.1. The lowest BCUT2D eigenvalue weighted by Gasteiger charge is -2.18. The molecule has 0 radical (unpaired) electrons. The highest BCUT2D eigenvalue weighted by molar-refractivity contribution is 5.71. The van der Waals surface area contributed by atoms with Crippen LogP contribution in [0.1, 0.15) is 380 Å². The van der Waals surface area contributed by atoms with E-state index < -0.39 is 6.10 Å². The van der Waals surface area contributed by atoms with Gasteiger partial charge in [-0.1, -0.05) is 342 Å². The molecule has 0 saturated carbocycles. The summed E-state index contributed by atoms with van der Waals surface area (Å²) in [5, 5.41) is 0. The molecule has 6 nitrogen and oxygen atoms in total. The summed E-state index contributed by atoms with van der Waals surface area (Å²) in [6.07, 6.45) is 69.6. The van der Waals surface area contributed by atoms with E-state index in [-0.39, 0.29) is 31.1 Å². The van der Waals surface area contributed by atoms with Gasteiger partial charge in [0.25, 0.3) is 0 Å². The largest absolute Gasteiger partial charge is 0.462 e. The number of ether oxygens (including phenoxy) is 3. The van der Waals surface area contributed by atoms with Crippen LogP contribution >= 0.6 is 0 Å². The molecule has 422 valence electrons. The molecule has 0 rings (SSSR count). The summed E-state index contributed by atoms with van der Waals surface area (Å²) in [7, 11) is 0. The van der Waals surface area contributed by atoms with Crippen molar-refractivity contribution >= 4 is 17.9 Å². The minimum atomic E-state index is -0.762. The van der Waals surface area contributed by atoms with E-state index in [9.17, 15) is 14.4 Å². The van der Waals surface area contributed by atoms with Crippen LogP contribution in [-0.2, 0) is 28.6 Å². The van der Waals surface area contributed by atoms with Crippen LogP contribution in [0.4, 0.5) is 0 Å². The molecule has 0 aliphatic rings.